The second-order valence-electron chi connectivity index (χ2n) is 8.77. The number of carbonyl (C=O) groups excluding carboxylic acids is 3. The number of nitrogens with zero attached hydrogens (tertiary/aromatic N) is 2. The largest absolute Gasteiger partial charge is 0.464 e. The standard InChI is InChI=1S/C24H44N2O7/c1-3-5-7-9-11-23(30)32-15-13-26(14-16-33-24(31)12-10-8-6-4-2)22(29)19-25-17-20(27)21(28)18-25/h20-21,27-28H,3-19H2,1-2H3/t20-,21+. The van der Waals surface area contributed by atoms with Gasteiger partial charge in [-0.25, -0.2) is 0 Å². The minimum Gasteiger partial charge on any atom is -0.464 e. The Kier molecular flexibility index (Phi) is 15.7. The monoisotopic (exact) mass is 472 g/mol. The van der Waals surface area contributed by atoms with Gasteiger partial charge in [-0.2, -0.15) is 0 Å². The maximum Gasteiger partial charge on any atom is 0.305 e. The molecule has 0 radical (unpaired) electrons. The van der Waals surface area contributed by atoms with Crippen LogP contribution in [0, 0.1) is 0 Å². The van der Waals surface area contributed by atoms with Crippen molar-refractivity contribution in [2.45, 2.75) is 90.3 Å². The van der Waals surface area contributed by atoms with Crippen LogP contribution in [0.5, 0.6) is 0 Å². The average molecular weight is 473 g/mol. The molecule has 9 heteroatoms. The Morgan fingerprint density at radius 2 is 1.24 bits per heavy atom. The predicted molar refractivity (Wildman–Crippen MR) is 124 cm³/mol. The summed E-state index contributed by atoms with van der Waals surface area (Å²) in [5, 5.41) is 19.4. The summed E-state index contributed by atoms with van der Waals surface area (Å²) in [4.78, 5) is 39.8. The molecule has 1 rings (SSSR count). The molecule has 0 aromatic carbocycles. The molecule has 1 saturated heterocycles. The molecule has 1 heterocycles. The van der Waals surface area contributed by atoms with E-state index in [1.54, 1.807) is 4.90 Å². The third kappa shape index (κ3) is 13.6. The Bertz CT molecular complexity index is 533. The Morgan fingerprint density at radius 3 is 1.67 bits per heavy atom. The minimum atomic E-state index is -0.867. The van der Waals surface area contributed by atoms with E-state index in [4.69, 9.17) is 9.47 Å². The molecule has 2 N–H and O–H groups in total. The fourth-order valence-electron chi connectivity index (χ4n) is 3.70. The summed E-state index contributed by atoms with van der Waals surface area (Å²) >= 11 is 0. The molecule has 1 aliphatic rings. The van der Waals surface area contributed by atoms with E-state index in [0.29, 0.717) is 12.8 Å². The van der Waals surface area contributed by atoms with Crippen molar-refractivity contribution < 1.29 is 34.1 Å². The maximum atomic E-state index is 12.8. The van der Waals surface area contributed by atoms with Gasteiger partial charge in [-0.05, 0) is 12.8 Å². The quantitative estimate of drug-likeness (QED) is 0.229. The number of carbonyl (C=O) groups is 3. The van der Waals surface area contributed by atoms with Crippen molar-refractivity contribution in [3.63, 3.8) is 0 Å². The van der Waals surface area contributed by atoms with E-state index in [2.05, 4.69) is 13.8 Å². The van der Waals surface area contributed by atoms with Crippen molar-refractivity contribution in [1.82, 2.24) is 9.80 Å². The van der Waals surface area contributed by atoms with Gasteiger partial charge in [0.05, 0.1) is 31.8 Å². The first-order valence-corrected chi connectivity index (χ1v) is 12.5. The molecule has 1 aliphatic heterocycles. The van der Waals surface area contributed by atoms with Gasteiger partial charge >= 0.3 is 11.9 Å². The van der Waals surface area contributed by atoms with Crippen molar-refractivity contribution in [3.05, 3.63) is 0 Å². The van der Waals surface area contributed by atoms with Gasteiger partial charge in [-0.3, -0.25) is 19.3 Å². The highest BCUT2D eigenvalue weighted by atomic mass is 16.5. The minimum absolute atomic E-state index is 0.0318. The summed E-state index contributed by atoms with van der Waals surface area (Å²) in [6, 6.07) is 0. The van der Waals surface area contributed by atoms with Crippen LogP contribution in [0.3, 0.4) is 0 Å². The number of ether oxygens (including phenoxy) is 2. The zero-order valence-corrected chi connectivity index (χ0v) is 20.5. The van der Waals surface area contributed by atoms with Crippen LogP contribution in [0.25, 0.3) is 0 Å². The van der Waals surface area contributed by atoms with Crippen LogP contribution >= 0.6 is 0 Å². The number of likely N-dealkylation sites (tertiary alicyclic amines) is 1. The van der Waals surface area contributed by atoms with Gasteiger partial charge in [-0.1, -0.05) is 52.4 Å². The lowest BCUT2D eigenvalue weighted by Crippen LogP contribution is -2.43. The number of unbranched alkanes of at least 4 members (excludes halogenated alkanes) is 6. The number of esters is 2. The molecule has 192 valence electrons. The molecular formula is C24H44N2O7. The number of amides is 1. The van der Waals surface area contributed by atoms with Crippen LogP contribution in [0.1, 0.15) is 78.1 Å². The fraction of sp³-hybridized carbons (Fsp3) is 0.875. The normalized spacial score (nSPS) is 18.3. The Morgan fingerprint density at radius 1 is 0.788 bits per heavy atom. The molecule has 0 saturated carbocycles. The highest BCUT2D eigenvalue weighted by Gasteiger charge is 2.31. The zero-order valence-electron chi connectivity index (χ0n) is 20.5. The first kappa shape index (κ1) is 29.3. The van der Waals surface area contributed by atoms with Gasteiger partial charge < -0.3 is 24.6 Å². The topological polar surface area (TPSA) is 117 Å². The number of rotatable bonds is 18. The summed E-state index contributed by atoms with van der Waals surface area (Å²) in [5.41, 5.74) is 0. The number of aliphatic hydroxyl groups excluding tert-OH is 2. The second kappa shape index (κ2) is 17.7. The summed E-state index contributed by atoms with van der Waals surface area (Å²) < 4.78 is 10.6. The van der Waals surface area contributed by atoms with Crippen molar-refractivity contribution in [2.75, 3.05) is 45.9 Å². The van der Waals surface area contributed by atoms with E-state index in [-0.39, 0.29) is 63.8 Å². The molecule has 0 spiro atoms. The van der Waals surface area contributed by atoms with E-state index in [0.717, 1.165) is 51.4 Å². The highest BCUT2D eigenvalue weighted by molar-refractivity contribution is 5.78. The van der Waals surface area contributed by atoms with Crippen LogP contribution in [0.2, 0.25) is 0 Å². The van der Waals surface area contributed by atoms with Gasteiger partial charge in [0.15, 0.2) is 0 Å². The van der Waals surface area contributed by atoms with Gasteiger partial charge in [0, 0.05) is 25.9 Å². The van der Waals surface area contributed by atoms with Gasteiger partial charge in [0.2, 0.25) is 5.91 Å². The van der Waals surface area contributed by atoms with Crippen LogP contribution in [-0.2, 0) is 23.9 Å². The lowest BCUT2D eigenvalue weighted by molar-refractivity contribution is -0.148. The molecule has 0 bridgehead atoms. The third-order valence-electron chi connectivity index (χ3n) is 5.76. The van der Waals surface area contributed by atoms with Crippen LogP contribution in [-0.4, -0.2) is 96.0 Å². The highest BCUT2D eigenvalue weighted by Crippen LogP contribution is 2.10. The lowest BCUT2D eigenvalue weighted by Gasteiger charge is -2.25. The maximum absolute atomic E-state index is 12.8. The predicted octanol–water partition coefficient (Wildman–Crippen LogP) is 1.88. The first-order chi connectivity index (χ1) is 15.9. The zero-order chi connectivity index (χ0) is 24.5. The lowest BCUT2D eigenvalue weighted by atomic mass is 10.2. The van der Waals surface area contributed by atoms with E-state index in [9.17, 15) is 24.6 Å². The van der Waals surface area contributed by atoms with Crippen LogP contribution < -0.4 is 0 Å². The summed E-state index contributed by atoms with van der Waals surface area (Å²) in [6.45, 7) is 5.25. The number of aliphatic hydroxyl groups is 2. The number of hydrogen-bond acceptors (Lipinski definition) is 8. The fourth-order valence-corrected chi connectivity index (χ4v) is 3.70. The molecular weight excluding hydrogens is 428 g/mol. The van der Waals surface area contributed by atoms with Crippen molar-refractivity contribution >= 4 is 17.8 Å². The summed E-state index contributed by atoms with van der Waals surface area (Å²) in [7, 11) is 0. The molecule has 0 aromatic rings. The number of β-amino-alcohol motifs (C(OH)–C–C–N with tert-alkyl or cyclic N) is 2. The third-order valence-corrected chi connectivity index (χ3v) is 5.76. The first-order valence-electron chi connectivity index (χ1n) is 12.5. The van der Waals surface area contributed by atoms with E-state index >= 15 is 0 Å². The van der Waals surface area contributed by atoms with Crippen molar-refractivity contribution in [1.29, 1.82) is 0 Å². The molecule has 1 amide bonds. The van der Waals surface area contributed by atoms with Gasteiger partial charge in [0.25, 0.3) is 0 Å². The smallest absolute Gasteiger partial charge is 0.305 e. The molecule has 0 aliphatic carbocycles. The number of hydrogen-bond donors (Lipinski definition) is 2. The molecule has 9 nitrogen and oxygen atoms in total. The molecule has 33 heavy (non-hydrogen) atoms. The Balaban J connectivity index is 2.44. The SMILES string of the molecule is CCCCCCC(=O)OCCN(CCOC(=O)CCCCCC)C(=O)CN1C[C@@H](O)[C@@H](O)C1. The van der Waals surface area contributed by atoms with E-state index in [1.807, 2.05) is 0 Å². The van der Waals surface area contributed by atoms with Crippen molar-refractivity contribution in [3.8, 4) is 0 Å². The van der Waals surface area contributed by atoms with E-state index in [1.165, 1.54) is 4.90 Å². The Hall–Kier alpha value is -1.71. The Labute approximate surface area is 198 Å². The molecule has 2 atom stereocenters. The summed E-state index contributed by atoms with van der Waals surface area (Å²) in [5.74, 6) is -0.778. The van der Waals surface area contributed by atoms with Crippen LogP contribution in [0.4, 0.5) is 0 Å². The molecule has 1 fully saturated rings. The van der Waals surface area contributed by atoms with Crippen molar-refractivity contribution in [2.24, 2.45) is 0 Å². The molecule has 0 unspecified atom stereocenters. The molecule has 0 aromatic heterocycles. The van der Waals surface area contributed by atoms with E-state index < -0.39 is 12.2 Å². The van der Waals surface area contributed by atoms with Gasteiger partial charge in [-0.15, -0.1) is 0 Å². The summed E-state index contributed by atoms with van der Waals surface area (Å²) in [6.07, 6.45) is 6.95. The van der Waals surface area contributed by atoms with Crippen LogP contribution in [0.15, 0.2) is 0 Å². The van der Waals surface area contributed by atoms with Gasteiger partial charge in [0.1, 0.15) is 13.2 Å². The average Bonchev–Trinajstić information content (AvgIpc) is 3.09. The second-order valence-corrected chi connectivity index (χ2v) is 8.77.